The highest BCUT2D eigenvalue weighted by Crippen LogP contribution is 2.17. The summed E-state index contributed by atoms with van der Waals surface area (Å²) >= 11 is 0. The summed E-state index contributed by atoms with van der Waals surface area (Å²) in [4.78, 5) is 0.262. The fourth-order valence-corrected chi connectivity index (χ4v) is 2.84. The minimum atomic E-state index is -3.39. The molecule has 0 saturated carbocycles. The molecule has 5 nitrogen and oxygen atoms in total. The van der Waals surface area contributed by atoms with Gasteiger partial charge in [0.1, 0.15) is 4.90 Å². The van der Waals surface area contributed by atoms with E-state index in [2.05, 4.69) is 10.2 Å². The number of hydrogen-bond acceptors (Lipinski definition) is 3. The van der Waals surface area contributed by atoms with Gasteiger partial charge in [0.2, 0.25) is 10.0 Å². The molecular weight excluding hydrogens is 226 g/mol. The van der Waals surface area contributed by atoms with Gasteiger partial charge in [-0.05, 0) is 12.8 Å². The maximum Gasteiger partial charge on any atom is 0.246 e. The second kappa shape index (κ2) is 4.97. The van der Waals surface area contributed by atoms with E-state index in [1.54, 1.807) is 14.0 Å². The third-order valence-electron chi connectivity index (χ3n) is 2.74. The van der Waals surface area contributed by atoms with Crippen LogP contribution in [-0.4, -0.2) is 36.5 Å². The molecule has 0 amide bonds. The first-order valence-corrected chi connectivity index (χ1v) is 6.79. The second-order valence-corrected chi connectivity index (χ2v) is 6.17. The van der Waals surface area contributed by atoms with Crippen LogP contribution in [0.3, 0.4) is 0 Å². The fourth-order valence-electron chi connectivity index (χ4n) is 1.43. The number of nitrogens with zero attached hydrogens (tertiary/aromatic N) is 2. The van der Waals surface area contributed by atoms with Crippen LogP contribution in [0.15, 0.2) is 11.1 Å². The third-order valence-corrected chi connectivity index (χ3v) is 4.67. The molecule has 1 N–H and O–H groups in total. The van der Waals surface area contributed by atoms with Crippen molar-refractivity contribution in [1.29, 1.82) is 0 Å². The lowest BCUT2D eigenvalue weighted by Crippen LogP contribution is -2.31. The van der Waals surface area contributed by atoms with Crippen LogP contribution in [0.1, 0.15) is 26.0 Å². The zero-order valence-corrected chi connectivity index (χ0v) is 11.0. The van der Waals surface area contributed by atoms with Gasteiger partial charge in [-0.15, -0.1) is 0 Å². The van der Waals surface area contributed by atoms with Crippen LogP contribution < -0.4 is 0 Å². The van der Waals surface area contributed by atoms with E-state index in [0.29, 0.717) is 18.2 Å². The summed E-state index contributed by atoms with van der Waals surface area (Å²) in [6.07, 6.45) is 2.32. The van der Waals surface area contributed by atoms with Crippen LogP contribution in [0.5, 0.6) is 0 Å². The highest BCUT2D eigenvalue weighted by atomic mass is 32.2. The highest BCUT2D eigenvalue weighted by molar-refractivity contribution is 7.89. The van der Waals surface area contributed by atoms with E-state index in [1.165, 1.54) is 10.5 Å². The first-order chi connectivity index (χ1) is 7.39. The molecule has 0 aromatic carbocycles. The second-order valence-electron chi connectivity index (χ2n) is 4.16. The van der Waals surface area contributed by atoms with Crippen LogP contribution in [0.25, 0.3) is 0 Å². The van der Waals surface area contributed by atoms with E-state index >= 15 is 0 Å². The molecule has 0 aliphatic heterocycles. The van der Waals surface area contributed by atoms with Crippen molar-refractivity contribution in [2.24, 2.45) is 5.92 Å². The van der Waals surface area contributed by atoms with E-state index in [9.17, 15) is 8.42 Å². The molecule has 1 unspecified atom stereocenters. The van der Waals surface area contributed by atoms with Gasteiger partial charge in [-0.3, -0.25) is 5.10 Å². The first kappa shape index (κ1) is 13.2. The van der Waals surface area contributed by atoms with Gasteiger partial charge in [-0.25, -0.2) is 12.7 Å². The van der Waals surface area contributed by atoms with Crippen LogP contribution in [0.2, 0.25) is 0 Å². The average molecular weight is 245 g/mol. The van der Waals surface area contributed by atoms with Gasteiger partial charge in [0.25, 0.3) is 0 Å². The summed E-state index contributed by atoms with van der Waals surface area (Å²) in [6, 6.07) is 0. The smallest absolute Gasteiger partial charge is 0.246 e. The van der Waals surface area contributed by atoms with Gasteiger partial charge in [-0.2, -0.15) is 5.10 Å². The lowest BCUT2D eigenvalue weighted by atomic mass is 10.1. The summed E-state index contributed by atoms with van der Waals surface area (Å²) in [5.74, 6) is 0.354. The number of aryl methyl sites for hydroxylation is 1. The van der Waals surface area contributed by atoms with Crippen molar-refractivity contribution in [1.82, 2.24) is 14.5 Å². The maximum atomic E-state index is 12.1. The topological polar surface area (TPSA) is 66.1 Å². The minimum absolute atomic E-state index is 0.262. The van der Waals surface area contributed by atoms with Crippen molar-refractivity contribution in [3.8, 4) is 0 Å². The number of H-pyrrole nitrogens is 1. The number of aromatic amines is 1. The minimum Gasteiger partial charge on any atom is -0.281 e. The monoisotopic (exact) mass is 245 g/mol. The molecule has 0 bridgehead atoms. The predicted molar refractivity (Wildman–Crippen MR) is 62.6 cm³/mol. The number of aromatic nitrogens is 2. The molecule has 1 heterocycles. The highest BCUT2D eigenvalue weighted by Gasteiger charge is 2.24. The fraction of sp³-hybridized carbons (Fsp3) is 0.700. The van der Waals surface area contributed by atoms with Crippen LogP contribution >= 0.6 is 0 Å². The molecule has 0 aliphatic carbocycles. The van der Waals surface area contributed by atoms with Gasteiger partial charge >= 0.3 is 0 Å². The Kier molecular flexibility index (Phi) is 4.09. The predicted octanol–water partition coefficient (Wildman–Crippen LogP) is 1.38. The van der Waals surface area contributed by atoms with Crippen molar-refractivity contribution < 1.29 is 8.42 Å². The summed E-state index contributed by atoms with van der Waals surface area (Å²) in [7, 11) is -1.79. The van der Waals surface area contributed by atoms with E-state index in [1.807, 2.05) is 13.8 Å². The molecule has 0 fully saturated rings. The molecule has 1 rings (SSSR count). The van der Waals surface area contributed by atoms with E-state index in [4.69, 9.17) is 0 Å². The molecule has 1 atom stereocenters. The number of rotatable bonds is 5. The number of sulfonamides is 1. The summed E-state index contributed by atoms with van der Waals surface area (Å²) in [5, 5.41) is 6.38. The van der Waals surface area contributed by atoms with E-state index in [-0.39, 0.29) is 4.90 Å². The van der Waals surface area contributed by atoms with Gasteiger partial charge in [-0.1, -0.05) is 20.3 Å². The number of nitrogens with one attached hydrogen (secondary N) is 1. The van der Waals surface area contributed by atoms with Crippen LogP contribution in [0.4, 0.5) is 0 Å². The summed E-state index contributed by atoms with van der Waals surface area (Å²) in [5.41, 5.74) is 0.580. The Labute approximate surface area is 96.9 Å². The Bertz CT molecular complexity index is 439. The average Bonchev–Trinajstić information content (AvgIpc) is 2.64. The molecule has 0 spiro atoms. The molecule has 0 saturated heterocycles. The summed E-state index contributed by atoms with van der Waals surface area (Å²) in [6.45, 7) is 6.32. The molecule has 92 valence electrons. The van der Waals surface area contributed by atoms with Crippen molar-refractivity contribution in [3.63, 3.8) is 0 Å². The Hall–Kier alpha value is -0.880. The van der Waals surface area contributed by atoms with Crippen molar-refractivity contribution in [2.75, 3.05) is 13.6 Å². The van der Waals surface area contributed by atoms with Gasteiger partial charge in [0.05, 0.1) is 11.9 Å². The largest absolute Gasteiger partial charge is 0.281 e. The van der Waals surface area contributed by atoms with Crippen molar-refractivity contribution >= 4 is 10.0 Å². The maximum absolute atomic E-state index is 12.1. The van der Waals surface area contributed by atoms with Crippen LogP contribution in [-0.2, 0) is 10.0 Å². The van der Waals surface area contributed by atoms with Crippen molar-refractivity contribution in [2.45, 2.75) is 32.1 Å². The van der Waals surface area contributed by atoms with E-state index < -0.39 is 10.0 Å². The van der Waals surface area contributed by atoms with Gasteiger partial charge < -0.3 is 0 Å². The normalized spacial score (nSPS) is 14.3. The number of hydrogen-bond donors (Lipinski definition) is 1. The van der Waals surface area contributed by atoms with Gasteiger partial charge in [0.15, 0.2) is 0 Å². The first-order valence-electron chi connectivity index (χ1n) is 5.35. The lowest BCUT2D eigenvalue weighted by molar-refractivity contribution is 0.393. The molecular formula is C10H19N3O2S. The lowest BCUT2D eigenvalue weighted by Gasteiger charge is -2.19. The SMILES string of the molecule is CCC(C)CN(C)S(=O)(=O)c1cn[nH]c1C. The van der Waals surface area contributed by atoms with Crippen LogP contribution in [0, 0.1) is 12.8 Å². The molecule has 0 radical (unpaired) electrons. The van der Waals surface area contributed by atoms with Crippen molar-refractivity contribution in [3.05, 3.63) is 11.9 Å². The Morgan fingerprint density at radius 2 is 2.19 bits per heavy atom. The zero-order chi connectivity index (χ0) is 12.3. The molecule has 6 heteroatoms. The standard InChI is InChI=1S/C10H19N3O2S/c1-5-8(2)7-13(4)16(14,15)10-6-11-12-9(10)3/h6,8H,5,7H2,1-4H3,(H,11,12). The zero-order valence-electron chi connectivity index (χ0n) is 10.2. The molecule has 0 aliphatic rings. The quantitative estimate of drug-likeness (QED) is 0.852. The molecule has 1 aromatic heterocycles. The Morgan fingerprint density at radius 3 is 2.62 bits per heavy atom. The Balaban J connectivity index is 2.91. The van der Waals surface area contributed by atoms with Gasteiger partial charge in [0, 0.05) is 13.6 Å². The van der Waals surface area contributed by atoms with E-state index in [0.717, 1.165) is 6.42 Å². The molecule has 1 aromatic rings. The Morgan fingerprint density at radius 1 is 1.56 bits per heavy atom. The molecule has 16 heavy (non-hydrogen) atoms. The third kappa shape index (κ3) is 2.62. The summed E-state index contributed by atoms with van der Waals surface area (Å²) < 4.78 is 25.7.